The summed E-state index contributed by atoms with van der Waals surface area (Å²) in [6, 6.07) is 7.28. The Morgan fingerprint density at radius 1 is 1.08 bits per heavy atom. The van der Waals surface area contributed by atoms with Crippen LogP contribution in [0.1, 0.15) is 59.2 Å². The van der Waals surface area contributed by atoms with Crippen molar-refractivity contribution in [2.24, 2.45) is 10.7 Å². The number of nitrogens with two attached hydrogens (primary N) is 1. The van der Waals surface area contributed by atoms with E-state index >= 15 is 0 Å². The second-order valence-corrected chi connectivity index (χ2v) is 6.41. The molecular formula is C18H24N4O2. The van der Waals surface area contributed by atoms with E-state index in [9.17, 15) is 9.59 Å². The lowest BCUT2D eigenvalue weighted by Gasteiger charge is -2.17. The molecule has 128 valence electrons. The van der Waals surface area contributed by atoms with E-state index in [0.717, 1.165) is 12.8 Å². The molecule has 0 spiro atoms. The number of fused-ring (bicyclic) bond motifs is 1. The van der Waals surface area contributed by atoms with Crippen molar-refractivity contribution < 1.29 is 9.59 Å². The highest BCUT2D eigenvalue weighted by molar-refractivity contribution is 6.21. The Morgan fingerprint density at radius 3 is 2.25 bits per heavy atom. The summed E-state index contributed by atoms with van der Waals surface area (Å²) in [7, 11) is 0. The minimum Gasteiger partial charge on any atom is -0.370 e. The maximum absolute atomic E-state index is 12.2. The van der Waals surface area contributed by atoms with Crippen LogP contribution in [0.4, 0.5) is 0 Å². The van der Waals surface area contributed by atoms with E-state index in [1.807, 2.05) is 0 Å². The summed E-state index contributed by atoms with van der Waals surface area (Å²) < 4.78 is 0. The first kappa shape index (κ1) is 16.5. The molecule has 0 bridgehead atoms. The van der Waals surface area contributed by atoms with Crippen molar-refractivity contribution in [3.05, 3.63) is 35.4 Å². The molecule has 0 atom stereocenters. The Morgan fingerprint density at radius 2 is 1.67 bits per heavy atom. The van der Waals surface area contributed by atoms with Crippen LogP contribution in [0, 0.1) is 0 Å². The van der Waals surface area contributed by atoms with Gasteiger partial charge in [-0.15, -0.1) is 0 Å². The van der Waals surface area contributed by atoms with Crippen LogP contribution in [0.25, 0.3) is 0 Å². The molecule has 1 heterocycles. The number of imide groups is 1. The highest BCUT2D eigenvalue weighted by Crippen LogP contribution is 2.22. The number of nitrogens with zero attached hydrogens (tertiary/aromatic N) is 2. The highest BCUT2D eigenvalue weighted by atomic mass is 16.2. The third-order valence-corrected chi connectivity index (χ3v) is 4.69. The maximum Gasteiger partial charge on any atom is 0.261 e. The van der Waals surface area contributed by atoms with Crippen LogP contribution in [-0.4, -0.2) is 41.8 Å². The SMILES string of the molecule is NC(=NCCN1C(=O)c2ccccc2C1=O)NC1CCCCCC1. The lowest BCUT2D eigenvalue weighted by molar-refractivity contribution is 0.0659. The number of aliphatic imine (C=N–C) groups is 1. The fraction of sp³-hybridized carbons (Fsp3) is 0.500. The first-order valence-corrected chi connectivity index (χ1v) is 8.68. The van der Waals surface area contributed by atoms with E-state index in [1.165, 1.54) is 30.6 Å². The fourth-order valence-electron chi connectivity index (χ4n) is 3.39. The molecular weight excluding hydrogens is 304 g/mol. The summed E-state index contributed by atoms with van der Waals surface area (Å²) in [4.78, 5) is 30.0. The van der Waals surface area contributed by atoms with E-state index < -0.39 is 0 Å². The molecule has 3 rings (SSSR count). The molecule has 1 aliphatic carbocycles. The van der Waals surface area contributed by atoms with E-state index in [0.29, 0.717) is 29.7 Å². The van der Waals surface area contributed by atoms with Crippen molar-refractivity contribution in [1.82, 2.24) is 10.2 Å². The molecule has 1 aliphatic heterocycles. The molecule has 2 aliphatic rings. The van der Waals surface area contributed by atoms with Gasteiger partial charge >= 0.3 is 0 Å². The number of carbonyl (C=O) groups excluding carboxylic acids is 2. The molecule has 0 radical (unpaired) electrons. The normalized spacial score (nSPS) is 19.3. The van der Waals surface area contributed by atoms with Gasteiger partial charge in [0.1, 0.15) is 0 Å². The Bertz CT molecular complexity index is 613. The summed E-state index contributed by atoms with van der Waals surface area (Å²) >= 11 is 0. The number of rotatable bonds is 4. The number of amides is 2. The lowest BCUT2D eigenvalue weighted by atomic mass is 10.1. The van der Waals surface area contributed by atoms with Crippen LogP contribution >= 0.6 is 0 Å². The van der Waals surface area contributed by atoms with Gasteiger partial charge in [-0.1, -0.05) is 37.8 Å². The van der Waals surface area contributed by atoms with Gasteiger partial charge in [-0.25, -0.2) is 0 Å². The molecule has 24 heavy (non-hydrogen) atoms. The summed E-state index contributed by atoms with van der Waals surface area (Å²) in [5.41, 5.74) is 6.88. The fourth-order valence-corrected chi connectivity index (χ4v) is 3.39. The third-order valence-electron chi connectivity index (χ3n) is 4.69. The van der Waals surface area contributed by atoms with Gasteiger partial charge in [0.15, 0.2) is 5.96 Å². The smallest absolute Gasteiger partial charge is 0.261 e. The Balaban J connectivity index is 1.52. The number of hydrogen-bond donors (Lipinski definition) is 2. The first-order chi connectivity index (χ1) is 11.7. The average molecular weight is 328 g/mol. The lowest BCUT2D eigenvalue weighted by Crippen LogP contribution is -2.40. The van der Waals surface area contributed by atoms with Crippen molar-refractivity contribution in [3.8, 4) is 0 Å². The zero-order valence-electron chi connectivity index (χ0n) is 13.8. The molecule has 0 aromatic heterocycles. The average Bonchev–Trinajstić information content (AvgIpc) is 2.77. The van der Waals surface area contributed by atoms with Gasteiger partial charge in [0.2, 0.25) is 0 Å². The second kappa shape index (κ2) is 7.47. The molecule has 0 unspecified atom stereocenters. The molecule has 1 aromatic carbocycles. The van der Waals surface area contributed by atoms with Crippen LogP contribution in [-0.2, 0) is 0 Å². The predicted octanol–water partition coefficient (Wildman–Crippen LogP) is 1.91. The van der Waals surface area contributed by atoms with Gasteiger partial charge in [-0.05, 0) is 25.0 Å². The molecule has 2 amide bonds. The Kier molecular flexibility index (Phi) is 5.13. The molecule has 6 heteroatoms. The maximum atomic E-state index is 12.2. The molecule has 1 saturated carbocycles. The molecule has 6 nitrogen and oxygen atoms in total. The van der Waals surface area contributed by atoms with Crippen molar-refractivity contribution in [2.75, 3.05) is 13.1 Å². The van der Waals surface area contributed by atoms with Gasteiger partial charge < -0.3 is 11.1 Å². The number of benzene rings is 1. The van der Waals surface area contributed by atoms with E-state index in [2.05, 4.69) is 10.3 Å². The molecule has 1 fully saturated rings. The standard InChI is InChI=1S/C18H24N4O2/c19-18(21-13-7-3-1-2-4-8-13)20-11-12-22-16(23)14-9-5-6-10-15(14)17(22)24/h5-6,9-10,13H,1-4,7-8,11-12H2,(H3,19,20,21). The van der Waals surface area contributed by atoms with Gasteiger partial charge in [0.05, 0.1) is 17.7 Å². The minimum atomic E-state index is -0.249. The van der Waals surface area contributed by atoms with Crippen molar-refractivity contribution >= 4 is 17.8 Å². The largest absolute Gasteiger partial charge is 0.370 e. The van der Waals surface area contributed by atoms with Gasteiger partial charge in [-0.2, -0.15) is 0 Å². The predicted molar refractivity (Wildman–Crippen MR) is 92.9 cm³/mol. The van der Waals surface area contributed by atoms with Crippen molar-refractivity contribution in [2.45, 2.75) is 44.6 Å². The van der Waals surface area contributed by atoms with Crippen LogP contribution in [0.3, 0.4) is 0 Å². The molecule has 0 saturated heterocycles. The van der Waals surface area contributed by atoms with E-state index in [4.69, 9.17) is 5.73 Å². The summed E-state index contributed by atoms with van der Waals surface area (Å²) in [6.07, 6.45) is 7.26. The molecule has 3 N–H and O–H groups in total. The zero-order chi connectivity index (χ0) is 16.9. The summed E-state index contributed by atoms with van der Waals surface area (Å²) in [5, 5.41) is 3.26. The van der Waals surface area contributed by atoms with Gasteiger partial charge in [-0.3, -0.25) is 19.5 Å². The Hall–Kier alpha value is -2.37. The number of nitrogens with one attached hydrogen (secondary N) is 1. The minimum absolute atomic E-state index is 0.249. The van der Waals surface area contributed by atoms with Gasteiger partial charge in [0, 0.05) is 12.6 Å². The Labute approximate surface area is 142 Å². The van der Waals surface area contributed by atoms with E-state index in [-0.39, 0.29) is 18.4 Å². The van der Waals surface area contributed by atoms with E-state index in [1.54, 1.807) is 24.3 Å². The zero-order valence-corrected chi connectivity index (χ0v) is 13.8. The van der Waals surface area contributed by atoms with Crippen molar-refractivity contribution in [3.63, 3.8) is 0 Å². The van der Waals surface area contributed by atoms with Crippen LogP contribution < -0.4 is 11.1 Å². The van der Waals surface area contributed by atoms with Gasteiger partial charge in [0.25, 0.3) is 11.8 Å². The second-order valence-electron chi connectivity index (χ2n) is 6.41. The first-order valence-electron chi connectivity index (χ1n) is 8.68. The number of hydrogen-bond acceptors (Lipinski definition) is 3. The molecule has 1 aromatic rings. The van der Waals surface area contributed by atoms with Crippen LogP contribution in [0.15, 0.2) is 29.3 Å². The summed E-state index contributed by atoms with van der Waals surface area (Å²) in [6.45, 7) is 0.566. The monoisotopic (exact) mass is 328 g/mol. The van der Waals surface area contributed by atoms with Crippen LogP contribution in [0.2, 0.25) is 0 Å². The van der Waals surface area contributed by atoms with Crippen LogP contribution in [0.5, 0.6) is 0 Å². The topological polar surface area (TPSA) is 87.8 Å². The summed E-state index contributed by atoms with van der Waals surface area (Å²) in [5.74, 6) is -0.0966. The van der Waals surface area contributed by atoms with Crippen molar-refractivity contribution in [1.29, 1.82) is 0 Å². The number of guanidine groups is 1. The quantitative estimate of drug-likeness (QED) is 0.382. The number of carbonyl (C=O) groups is 2. The highest BCUT2D eigenvalue weighted by Gasteiger charge is 2.34. The third kappa shape index (κ3) is 3.58.